The van der Waals surface area contributed by atoms with E-state index in [-0.39, 0.29) is 49.4 Å². The lowest BCUT2D eigenvalue weighted by Crippen LogP contribution is -2.51. The molecule has 0 heterocycles. The summed E-state index contributed by atoms with van der Waals surface area (Å²) in [6.45, 7) is 14.2. The van der Waals surface area contributed by atoms with Crippen LogP contribution in [0.25, 0.3) is 0 Å². The number of unbranched alkanes of at least 4 members (excludes halogenated alkanes) is 2. The third kappa shape index (κ3) is 11.5. The highest BCUT2D eigenvalue weighted by Gasteiger charge is 2.59. The van der Waals surface area contributed by atoms with Gasteiger partial charge in [-0.3, -0.25) is 14.4 Å². The Balaban J connectivity index is 1.16. The van der Waals surface area contributed by atoms with Gasteiger partial charge in [0.25, 0.3) is 0 Å². The van der Waals surface area contributed by atoms with Crippen molar-refractivity contribution < 1.29 is 41.2 Å². The lowest BCUT2D eigenvalue weighted by atomic mass is 9.47. The fraction of sp³-hybridized carbons (Fsp3) is 0.860. The van der Waals surface area contributed by atoms with E-state index in [1.807, 2.05) is 0 Å². The van der Waals surface area contributed by atoms with Crippen molar-refractivity contribution in [3.63, 3.8) is 0 Å². The topological polar surface area (TPSA) is 140 Å². The van der Waals surface area contributed by atoms with E-state index in [0.717, 1.165) is 54.8 Å². The molecule has 0 radical (unpaired) electrons. The van der Waals surface area contributed by atoms with Gasteiger partial charge in [-0.25, -0.2) is 4.79 Å². The van der Waals surface area contributed by atoms with Gasteiger partial charge < -0.3 is 30.0 Å². The lowest BCUT2D eigenvalue weighted by Gasteiger charge is -2.58. The number of rotatable bonds is 20. The second-order valence-corrected chi connectivity index (χ2v) is 17.9. The van der Waals surface area contributed by atoms with Gasteiger partial charge in [0.05, 0.1) is 28.2 Å². The number of alkyl carbamates (subject to hydrolysis) is 1. The SMILES string of the molecule is [2H]C([3H])OCC(NC(=O)CCCCCNC(=O)OC1CCC2(C)C(=CCC3C2CCC2(C)C(C(C)CCCC(C)C)CCC32)C1)C(C)OC(=O)CCC(=O)O. The van der Waals surface area contributed by atoms with Crippen LogP contribution >= 0.6 is 0 Å². The van der Waals surface area contributed by atoms with Crippen LogP contribution in [-0.4, -0.2) is 67.5 Å². The van der Waals surface area contributed by atoms with Crippen LogP contribution in [0.2, 0.25) is 0 Å². The first kappa shape index (κ1) is 40.1. The van der Waals surface area contributed by atoms with Gasteiger partial charge in [0.2, 0.25) is 5.91 Å². The normalized spacial score (nSPS) is 32.0. The fourth-order valence-corrected chi connectivity index (χ4v) is 11.0. The predicted octanol–water partition coefficient (Wildman–Crippen LogP) is 8.61. The zero-order valence-electron chi connectivity index (χ0n) is 35.6. The first-order chi connectivity index (χ1) is 26.0. The highest BCUT2D eigenvalue weighted by molar-refractivity contribution is 5.77. The van der Waals surface area contributed by atoms with Crippen molar-refractivity contribution in [1.82, 2.24) is 10.6 Å². The van der Waals surface area contributed by atoms with Crippen molar-refractivity contribution in [2.24, 2.45) is 46.3 Å². The summed E-state index contributed by atoms with van der Waals surface area (Å²) in [6, 6.07) is -0.795. The van der Waals surface area contributed by atoms with Crippen LogP contribution in [0.1, 0.15) is 153 Å². The first-order valence-corrected chi connectivity index (χ1v) is 20.8. The highest BCUT2D eigenvalue weighted by atomic mass is 16.6. The summed E-state index contributed by atoms with van der Waals surface area (Å²) in [5.74, 6) is 2.65. The van der Waals surface area contributed by atoms with Crippen LogP contribution in [0.15, 0.2) is 11.6 Å². The van der Waals surface area contributed by atoms with Gasteiger partial charge in [0.15, 0.2) is 0 Å². The van der Waals surface area contributed by atoms with E-state index in [1.54, 1.807) is 6.92 Å². The van der Waals surface area contributed by atoms with Gasteiger partial charge in [-0.1, -0.05) is 72.0 Å². The number of carbonyl (C=O) groups excluding carboxylic acids is 3. The van der Waals surface area contributed by atoms with Gasteiger partial charge in [-0.2, -0.15) is 0 Å². The summed E-state index contributed by atoms with van der Waals surface area (Å²) in [4.78, 5) is 48.1. The number of hydrogen-bond acceptors (Lipinski definition) is 7. The van der Waals surface area contributed by atoms with Crippen LogP contribution in [-0.2, 0) is 28.6 Å². The molecule has 302 valence electrons. The van der Waals surface area contributed by atoms with E-state index >= 15 is 0 Å². The molecule has 3 saturated carbocycles. The van der Waals surface area contributed by atoms with E-state index in [9.17, 15) is 19.2 Å². The maximum Gasteiger partial charge on any atom is 0.407 e. The molecule has 53 heavy (non-hydrogen) atoms. The van der Waals surface area contributed by atoms with Gasteiger partial charge in [-0.05, 0) is 111 Å². The number of carboxylic acid groups (broad SMARTS) is 1. The van der Waals surface area contributed by atoms with Gasteiger partial charge in [0, 0.05) is 26.4 Å². The minimum atomic E-state index is -1.57. The molecule has 10 heteroatoms. The van der Waals surface area contributed by atoms with Crippen LogP contribution in [0.3, 0.4) is 0 Å². The number of methoxy groups -OCH3 is 1. The summed E-state index contributed by atoms with van der Waals surface area (Å²) in [5.41, 5.74) is 2.19. The number of carboxylic acids is 1. The Morgan fingerprint density at radius 2 is 1.77 bits per heavy atom. The maximum atomic E-state index is 12.8. The Bertz CT molecular complexity index is 1330. The van der Waals surface area contributed by atoms with Crippen LogP contribution in [0.5, 0.6) is 0 Å². The third-order valence-corrected chi connectivity index (χ3v) is 13.9. The number of fused-ring (bicyclic) bond motifs is 5. The van der Waals surface area contributed by atoms with Crippen molar-refractivity contribution in [2.75, 3.05) is 20.2 Å². The van der Waals surface area contributed by atoms with E-state index in [0.29, 0.717) is 31.2 Å². The molecule has 3 fully saturated rings. The molecule has 3 N–H and O–H groups in total. The number of hydrogen-bond donors (Lipinski definition) is 3. The Morgan fingerprint density at radius 3 is 2.51 bits per heavy atom. The molecule has 11 unspecified atom stereocenters. The highest BCUT2D eigenvalue weighted by Crippen LogP contribution is 2.67. The van der Waals surface area contributed by atoms with E-state index < -0.39 is 31.1 Å². The number of allylic oxidation sites excluding steroid dienone is 1. The average Bonchev–Trinajstić information content (AvgIpc) is 3.47. The van der Waals surface area contributed by atoms with E-state index in [2.05, 4.69) is 51.3 Å². The van der Waals surface area contributed by atoms with Gasteiger partial charge >= 0.3 is 18.0 Å². The van der Waals surface area contributed by atoms with Crippen LogP contribution in [0.4, 0.5) is 4.79 Å². The molecular formula is C43H72N2O8. The van der Waals surface area contributed by atoms with Crippen molar-refractivity contribution >= 4 is 23.9 Å². The second-order valence-electron chi connectivity index (χ2n) is 17.9. The molecule has 0 bridgehead atoms. The molecule has 2 amide bonds. The number of amides is 2. The van der Waals surface area contributed by atoms with Crippen LogP contribution in [0, 0.1) is 46.3 Å². The molecule has 4 aliphatic rings. The monoisotopic (exact) mass is 748 g/mol. The number of carbonyl (C=O) groups is 4. The summed E-state index contributed by atoms with van der Waals surface area (Å²) >= 11 is 0. The molecular weight excluding hydrogens is 672 g/mol. The molecule has 4 aliphatic carbocycles. The minimum absolute atomic E-state index is 0.105. The quantitative estimate of drug-likeness (QED) is 0.0639. The van der Waals surface area contributed by atoms with Crippen molar-refractivity contribution in [2.45, 2.75) is 169 Å². The standard InChI is InChI=1S/C43H72N2O8/c1-28(2)12-11-13-29(3)34-17-18-35-33-16-15-31-26-32(21-23-42(31,5)36(33)22-24-43(34,35)6)53-41(50)44-25-10-8-9-14-38(46)45-37(27-51-7)30(4)52-40(49)20-19-39(47)48/h15,28-30,32-37H,8-14,16-27H2,1-7H3,(H,44,50)(H,45,46)(H,47,48)/i7TD. The molecule has 10 nitrogen and oxygen atoms in total. The smallest absolute Gasteiger partial charge is 0.407 e. The average molecular weight is 748 g/mol. The maximum absolute atomic E-state index is 12.8. The Hall–Kier alpha value is -2.62. The minimum Gasteiger partial charge on any atom is -0.481 e. The Morgan fingerprint density at radius 1 is 0.981 bits per heavy atom. The molecule has 0 saturated heterocycles. The summed E-state index contributed by atoms with van der Waals surface area (Å²) < 4.78 is 30.8. The fourth-order valence-electron chi connectivity index (χ4n) is 11.0. The zero-order valence-corrected chi connectivity index (χ0v) is 33.6. The Labute approximate surface area is 322 Å². The molecule has 0 aromatic rings. The van der Waals surface area contributed by atoms with Crippen LogP contribution < -0.4 is 10.6 Å². The van der Waals surface area contributed by atoms with Gasteiger partial charge in [-0.15, -0.1) is 0 Å². The summed E-state index contributed by atoms with van der Waals surface area (Å²) in [6.07, 6.45) is 16.2. The predicted molar refractivity (Wildman–Crippen MR) is 206 cm³/mol. The van der Waals surface area contributed by atoms with Crippen molar-refractivity contribution in [3.8, 4) is 0 Å². The first-order valence-electron chi connectivity index (χ1n) is 22.0. The van der Waals surface area contributed by atoms with E-state index in [1.165, 1.54) is 56.9 Å². The van der Waals surface area contributed by atoms with Crippen molar-refractivity contribution in [1.29, 1.82) is 0 Å². The number of nitrogens with one attached hydrogen (secondary N) is 2. The zero-order chi connectivity index (χ0) is 40.3. The van der Waals surface area contributed by atoms with Crippen molar-refractivity contribution in [3.05, 3.63) is 11.6 Å². The number of ether oxygens (including phenoxy) is 3. The second kappa shape index (κ2) is 19.8. The third-order valence-electron chi connectivity index (χ3n) is 13.9. The molecule has 4 rings (SSSR count). The Kier molecular flexibility index (Phi) is 15.0. The molecule has 0 aromatic carbocycles. The lowest BCUT2D eigenvalue weighted by molar-refractivity contribution is -0.153. The summed E-state index contributed by atoms with van der Waals surface area (Å²) in [5, 5.41) is 14.4. The van der Waals surface area contributed by atoms with E-state index in [4.69, 9.17) is 22.1 Å². The van der Waals surface area contributed by atoms with Gasteiger partial charge in [0.1, 0.15) is 12.2 Å². The number of aliphatic carboxylic acids is 1. The number of esters is 1. The molecule has 0 spiro atoms. The summed E-state index contributed by atoms with van der Waals surface area (Å²) in [7, 11) is -1.57. The molecule has 0 aliphatic heterocycles. The molecule has 0 aromatic heterocycles. The molecule has 11 atom stereocenters. The largest absolute Gasteiger partial charge is 0.481 e.